The quantitative estimate of drug-likeness (QED) is 0.519. The topological polar surface area (TPSA) is 55.4 Å². The van der Waals surface area contributed by atoms with E-state index in [2.05, 4.69) is 5.32 Å². The van der Waals surface area contributed by atoms with Crippen LogP contribution in [0, 0.1) is 5.82 Å². The molecule has 148 valence electrons. The molecule has 1 N–H and O–H groups in total. The number of halogens is 2. The number of amides is 1. The molecule has 2 rings (SSSR count). The predicted molar refractivity (Wildman–Crippen MR) is 108 cm³/mol. The Morgan fingerprint density at radius 2 is 1.86 bits per heavy atom. The Balaban J connectivity index is 1.80. The minimum atomic E-state index is -0.965. The number of benzene rings is 2. The fourth-order valence-corrected chi connectivity index (χ4v) is 2.77. The van der Waals surface area contributed by atoms with Crippen molar-refractivity contribution in [3.63, 3.8) is 0 Å². The maximum Gasteiger partial charge on any atom is 0.331 e. The fourth-order valence-electron chi connectivity index (χ4n) is 2.55. The third-order valence-corrected chi connectivity index (χ3v) is 4.48. The molecule has 0 heterocycles. The molecule has 0 radical (unpaired) electrons. The predicted octanol–water partition coefficient (Wildman–Crippen LogP) is 4.56. The second kappa shape index (κ2) is 10.6. The van der Waals surface area contributed by atoms with E-state index < -0.39 is 17.9 Å². The number of carbonyl (C=O) groups is 2. The third-order valence-electron chi connectivity index (χ3n) is 4.15. The first-order valence-corrected chi connectivity index (χ1v) is 9.41. The SMILES string of the molecule is C[C@H](CCc1ccccc1)NC(=O)[C@H](C)OC(=O)/C=C/c1c(F)cccc1Cl. The van der Waals surface area contributed by atoms with Gasteiger partial charge in [0.15, 0.2) is 6.10 Å². The molecule has 6 heteroatoms. The molecule has 2 aromatic carbocycles. The van der Waals surface area contributed by atoms with Crippen LogP contribution >= 0.6 is 11.6 Å². The molecule has 2 atom stereocenters. The molecule has 0 aliphatic heterocycles. The summed E-state index contributed by atoms with van der Waals surface area (Å²) < 4.78 is 18.8. The van der Waals surface area contributed by atoms with Gasteiger partial charge in [-0.15, -0.1) is 0 Å². The Hall–Kier alpha value is -2.66. The second-order valence-corrected chi connectivity index (χ2v) is 6.89. The van der Waals surface area contributed by atoms with Gasteiger partial charge in [0.25, 0.3) is 5.91 Å². The molecule has 0 aliphatic rings. The van der Waals surface area contributed by atoms with Crippen LogP contribution in [0.2, 0.25) is 5.02 Å². The van der Waals surface area contributed by atoms with Gasteiger partial charge >= 0.3 is 5.97 Å². The Bertz CT molecular complexity index is 819. The first kappa shape index (κ1) is 21.6. The lowest BCUT2D eigenvalue weighted by molar-refractivity contribution is -0.150. The largest absolute Gasteiger partial charge is 0.449 e. The minimum Gasteiger partial charge on any atom is -0.449 e. The van der Waals surface area contributed by atoms with Crippen molar-refractivity contribution >= 4 is 29.6 Å². The van der Waals surface area contributed by atoms with Crippen molar-refractivity contribution in [1.82, 2.24) is 5.32 Å². The Labute approximate surface area is 169 Å². The minimum absolute atomic E-state index is 0.0679. The molecule has 0 saturated heterocycles. The third kappa shape index (κ3) is 6.82. The zero-order chi connectivity index (χ0) is 20.5. The number of carbonyl (C=O) groups excluding carboxylic acids is 2. The molecule has 4 nitrogen and oxygen atoms in total. The molecule has 0 aliphatic carbocycles. The van der Waals surface area contributed by atoms with Crippen LogP contribution in [0.3, 0.4) is 0 Å². The van der Waals surface area contributed by atoms with E-state index in [9.17, 15) is 14.0 Å². The van der Waals surface area contributed by atoms with Crippen molar-refractivity contribution in [2.45, 2.75) is 38.8 Å². The summed E-state index contributed by atoms with van der Waals surface area (Å²) in [6.45, 7) is 3.39. The summed E-state index contributed by atoms with van der Waals surface area (Å²) in [5, 5.41) is 3.01. The van der Waals surface area contributed by atoms with Gasteiger partial charge in [-0.1, -0.05) is 48.0 Å². The van der Waals surface area contributed by atoms with Crippen molar-refractivity contribution in [2.24, 2.45) is 0 Å². The highest BCUT2D eigenvalue weighted by Gasteiger charge is 2.18. The molecule has 0 saturated carbocycles. The van der Waals surface area contributed by atoms with E-state index >= 15 is 0 Å². The average Bonchev–Trinajstić information content (AvgIpc) is 2.66. The first-order valence-electron chi connectivity index (χ1n) is 9.04. The highest BCUT2D eigenvalue weighted by Crippen LogP contribution is 2.20. The molecule has 0 bridgehead atoms. The van der Waals surface area contributed by atoms with Crippen LogP contribution in [0.15, 0.2) is 54.6 Å². The maximum absolute atomic E-state index is 13.7. The van der Waals surface area contributed by atoms with Gasteiger partial charge < -0.3 is 10.1 Å². The Morgan fingerprint density at radius 1 is 1.14 bits per heavy atom. The zero-order valence-electron chi connectivity index (χ0n) is 15.8. The highest BCUT2D eigenvalue weighted by atomic mass is 35.5. The van der Waals surface area contributed by atoms with Gasteiger partial charge in [-0.25, -0.2) is 9.18 Å². The number of rotatable bonds is 8. The van der Waals surface area contributed by atoms with Crippen molar-refractivity contribution in [3.8, 4) is 0 Å². The molecular weight excluding hydrogens is 381 g/mol. The Morgan fingerprint density at radius 3 is 2.54 bits per heavy atom. The van der Waals surface area contributed by atoms with Crippen LogP contribution < -0.4 is 5.32 Å². The van der Waals surface area contributed by atoms with Crippen LogP contribution in [-0.2, 0) is 20.7 Å². The van der Waals surface area contributed by atoms with Crippen molar-refractivity contribution in [1.29, 1.82) is 0 Å². The van der Waals surface area contributed by atoms with E-state index in [0.717, 1.165) is 18.9 Å². The van der Waals surface area contributed by atoms with Crippen LogP contribution in [0.1, 0.15) is 31.4 Å². The van der Waals surface area contributed by atoms with E-state index in [4.69, 9.17) is 16.3 Å². The lowest BCUT2D eigenvalue weighted by Crippen LogP contribution is -2.40. The lowest BCUT2D eigenvalue weighted by Gasteiger charge is -2.17. The molecular formula is C22H23ClFNO3. The van der Waals surface area contributed by atoms with Gasteiger partial charge in [0.1, 0.15) is 5.82 Å². The van der Waals surface area contributed by atoms with Gasteiger partial charge in [0, 0.05) is 17.7 Å². The molecule has 28 heavy (non-hydrogen) atoms. The zero-order valence-corrected chi connectivity index (χ0v) is 16.6. The van der Waals surface area contributed by atoms with Crippen molar-refractivity contribution in [3.05, 3.63) is 76.6 Å². The van der Waals surface area contributed by atoms with E-state index in [1.54, 1.807) is 0 Å². The van der Waals surface area contributed by atoms with Gasteiger partial charge in [0.2, 0.25) is 0 Å². The highest BCUT2D eigenvalue weighted by molar-refractivity contribution is 6.32. The normalized spacial score (nSPS) is 13.1. The molecule has 2 aromatic rings. The summed E-state index contributed by atoms with van der Waals surface area (Å²) in [4.78, 5) is 24.1. The molecule has 0 spiro atoms. The van der Waals surface area contributed by atoms with E-state index in [0.29, 0.717) is 0 Å². The van der Waals surface area contributed by atoms with Crippen LogP contribution in [0.5, 0.6) is 0 Å². The number of nitrogens with one attached hydrogen (secondary N) is 1. The number of hydrogen-bond donors (Lipinski definition) is 1. The summed E-state index contributed by atoms with van der Waals surface area (Å²) in [5.74, 6) is -1.68. The van der Waals surface area contributed by atoms with Crippen molar-refractivity contribution < 1.29 is 18.7 Å². The molecule has 1 amide bonds. The average molecular weight is 404 g/mol. The number of hydrogen-bond acceptors (Lipinski definition) is 3. The first-order chi connectivity index (χ1) is 13.4. The standard InChI is InChI=1S/C22H23ClFNO3/c1-15(11-12-17-7-4-3-5-8-17)25-22(27)16(2)28-21(26)14-13-18-19(23)9-6-10-20(18)24/h3-10,13-16H,11-12H2,1-2H3,(H,25,27)/b14-13+/t15-,16+/m1/s1. The summed E-state index contributed by atoms with van der Waals surface area (Å²) in [6.07, 6.45) is 2.91. The summed E-state index contributed by atoms with van der Waals surface area (Å²) in [5.41, 5.74) is 1.28. The summed E-state index contributed by atoms with van der Waals surface area (Å²) in [7, 11) is 0. The van der Waals surface area contributed by atoms with Crippen molar-refractivity contribution in [2.75, 3.05) is 0 Å². The van der Waals surface area contributed by atoms with Crippen LogP contribution in [0.4, 0.5) is 4.39 Å². The lowest BCUT2D eigenvalue weighted by atomic mass is 10.1. The summed E-state index contributed by atoms with van der Waals surface area (Å²) in [6, 6.07) is 14.1. The van der Waals surface area contributed by atoms with Crippen LogP contribution in [0.25, 0.3) is 6.08 Å². The van der Waals surface area contributed by atoms with E-state index in [1.165, 1.54) is 36.8 Å². The molecule has 0 aromatic heterocycles. The maximum atomic E-state index is 13.7. The fraction of sp³-hybridized carbons (Fsp3) is 0.273. The monoisotopic (exact) mass is 403 g/mol. The van der Waals surface area contributed by atoms with Gasteiger partial charge in [-0.2, -0.15) is 0 Å². The van der Waals surface area contributed by atoms with Gasteiger partial charge in [0.05, 0.1) is 5.02 Å². The number of ether oxygens (including phenoxy) is 1. The second-order valence-electron chi connectivity index (χ2n) is 6.48. The number of esters is 1. The van der Waals surface area contributed by atoms with E-state index in [1.807, 2.05) is 37.3 Å². The van der Waals surface area contributed by atoms with Gasteiger partial charge in [-0.3, -0.25) is 4.79 Å². The Kier molecular flexibility index (Phi) is 8.20. The van der Waals surface area contributed by atoms with Gasteiger partial charge in [-0.05, 0) is 50.5 Å². The number of aryl methyl sites for hydroxylation is 1. The molecule has 0 fully saturated rings. The molecule has 0 unspecified atom stereocenters. The smallest absolute Gasteiger partial charge is 0.331 e. The van der Waals surface area contributed by atoms with E-state index in [-0.39, 0.29) is 22.5 Å². The van der Waals surface area contributed by atoms with Crippen LogP contribution in [-0.4, -0.2) is 24.0 Å². The summed E-state index contributed by atoms with van der Waals surface area (Å²) >= 11 is 5.89.